The smallest absolute Gasteiger partial charge is 0.203 e. The van der Waals surface area contributed by atoms with Crippen LogP contribution < -0.4 is 24.4 Å². The van der Waals surface area contributed by atoms with Gasteiger partial charge >= 0.3 is 0 Å². The Balaban J connectivity index is 1.56. The Morgan fingerprint density at radius 1 is 0.871 bits per heavy atom. The predicted octanol–water partition coefficient (Wildman–Crippen LogP) is 4.54. The largest absolute Gasteiger partial charge is 0.493 e. The van der Waals surface area contributed by atoms with Crippen LogP contribution in [0.5, 0.6) is 17.2 Å². The molecule has 6 nitrogen and oxygen atoms in total. The molecule has 6 heteroatoms. The van der Waals surface area contributed by atoms with Gasteiger partial charge in [-0.25, -0.2) is 4.98 Å². The number of pyridine rings is 1. The highest BCUT2D eigenvalue weighted by atomic mass is 16.5. The Kier molecular flexibility index (Phi) is 6.77. The molecule has 31 heavy (non-hydrogen) atoms. The van der Waals surface area contributed by atoms with Gasteiger partial charge < -0.3 is 24.4 Å². The molecule has 0 unspecified atom stereocenters. The van der Waals surface area contributed by atoms with E-state index in [1.807, 2.05) is 12.1 Å². The number of benzene rings is 2. The van der Waals surface area contributed by atoms with Crippen LogP contribution >= 0.6 is 0 Å². The molecule has 4 rings (SSSR count). The number of piperidine rings is 1. The molecule has 2 heterocycles. The lowest BCUT2D eigenvalue weighted by Crippen LogP contribution is -2.31. The number of hydrogen-bond donors (Lipinski definition) is 1. The van der Waals surface area contributed by atoms with E-state index in [2.05, 4.69) is 40.5 Å². The van der Waals surface area contributed by atoms with Crippen LogP contribution in [0, 0.1) is 0 Å². The van der Waals surface area contributed by atoms with E-state index in [9.17, 15) is 0 Å². The summed E-state index contributed by atoms with van der Waals surface area (Å²) >= 11 is 0. The normalized spacial score (nSPS) is 14.0. The maximum Gasteiger partial charge on any atom is 0.203 e. The van der Waals surface area contributed by atoms with Crippen LogP contribution in [0.25, 0.3) is 10.9 Å². The molecule has 0 atom stereocenters. The van der Waals surface area contributed by atoms with E-state index in [-0.39, 0.29) is 0 Å². The quantitative estimate of drug-likeness (QED) is 0.576. The summed E-state index contributed by atoms with van der Waals surface area (Å²) in [5.74, 6) is 3.05. The summed E-state index contributed by atoms with van der Waals surface area (Å²) in [6.07, 6.45) is 3.76. The molecule has 0 bridgehead atoms. The Morgan fingerprint density at radius 3 is 2.26 bits per heavy atom. The van der Waals surface area contributed by atoms with Crippen molar-refractivity contribution in [2.75, 3.05) is 39.3 Å². The van der Waals surface area contributed by atoms with Gasteiger partial charge in [0.05, 0.1) is 26.8 Å². The number of para-hydroxylation sites is 1. The highest BCUT2D eigenvalue weighted by Gasteiger charge is 2.17. The summed E-state index contributed by atoms with van der Waals surface area (Å²) in [6, 6.07) is 14.6. The minimum Gasteiger partial charge on any atom is -0.493 e. The number of nitrogens with zero attached hydrogens (tertiary/aromatic N) is 2. The van der Waals surface area contributed by atoms with Crippen LogP contribution in [0.2, 0.25) is 0 Å². The summed E-state index contributed by atoms with van der Waals surface area (Å²) in [4.78, 5) is 7.47. The molecule has 0 aliphatic carbocycles. The number of rotatable bonds is 8. The number of methoxy groups -OCH3 is 3. The molecule has 164 valence electrons. The highest BCUT2D eigenvalue weighted by Crippen LogP contribution is 2.38. The molecule has 2 aromatic carbocycles. The Bertz CT molecular complexity index is 1010. The van der Waals surface area contributed by atoms with Gasteiger partial charge in [0.15, 0.2) is 11.5 Å². The average molecular weight is 422 g/mol. The monoisotopic (exact) mass is 421 g/mol. The second-order valence-corrected chi connectivity index (χ2v) is 7.85. The minimum atomic E-state index is 0.611. The second kappa shape index (κ2) is 9.88. The first-order valence-electron chi connectivity index (χ1n) is 10.9. The van der Waals surface area contributed by atoms with Crippen molar-refractivity contribution in [3.05, 3.63) is 53.6 Å². The van der Waals surface area contributed by atoms with Crippen molar-refractivity contribution < 1.29 is 14.2 Å². The van der Waals surface area contributed by atoms with E-state index >= 15 is 0 Å². The lowest BCUT2D eigenvalue weighted by Gasteiger charge is -2.30. The predicted molar refractivity (Wildman–Crippen MR) is 124 cm³/mol. The van der Waals surface area contributed by atoms with Gasteiger partial charge in [0.1, 0.15) is 5.82 Å². The molecule has 0 spiro atoms. The number of hydrogen-bond acceptors (Lipinski definition) is 6. The number of anilines is 1. The van der Waals surface area contributed by atoms with Crippen molar-refractivity contribution in [2.24, 2.45) is 0 Å². The van der Waals surface area contributed by atoms with Gasteiger partial charge in [-0.3, -0.25) is 0 Å². The number of nitrogens with one attached hydrogen (secondary N) is 1. The first-order valence-corrected chi connectivity index (χ1v) is 10.9. The van der Waals surface area contributed by atoms with Crippen LogP contribution in [-0.4, -0.2) is 39.4 Å². The summed E-state index contributed by atoms with van der Waals surface area (Å²) in [6.45, 7) is 3.57. The van der Waals surface area contributed by atoms with Crippen LogP contribution in [0.4, 0.5) is 5.82 Å². The van der Waals surface area contributed by atoms with Crippen molar-refractivity contribution in [3.8, 4) is 17.2 Å². The van der Waals surface area contributed by atoms with Gasteiger partial charge in [-0.2, -0.15) is 0 Å². The van der Waals surface area contributed by atoms with Gasteiger partial charge in [-0.05, 0) is 49.1 Å². The zero-order chi connectivity index (χ0) is 21.6. The van der Waals surface area contributed by atoms with Gasteiger partial charge in [0, 0.05) is 37.1 Å². The maximum absolute atomic E-state index is 5.48. The molecule has 0 saturated carbocycles. The van der Waals surface area contributed by atoms with Crippen molar-refractivity contribution in [2.45, 2.75) is 32.4 Å². The standard InChI is InChI=1S/C25H31N3O3/c1-29-22-13-18(14-23(30-2)24(22)31-3)16-26-17-20-15-19-9-5-6-10-21(19)27-25(20)28-11-7-4-8-12-28/h5-6,9-10,13-15,26H,4,7-8,11-12,16-17H2,1-3H3. The van der Waals surface area contributed by atoms with Gasteiger partial charge in [0.25, 0.3) is 0 Å². The Labute approximate surface area is 184 Å². The SMILES string of the molecule is COc1cc(CNCc2cc3ccccc3nc2N2CCCCC2)cc(OC)c1OC. The second-order valence-electron chi connectivity index (χ2n) is 7.85. The van der Waals surface area contributed by atoms with Gasteiger partial charge in [-0.15, -0.1) is 0 Å². The van der Waals surface area contributed by atoms with E-state index in [1.54, 1.807) is 21.3 Å². The van der Waals surface area contributed by atoms with E-state index in [0.29, 0.717) is 23.8 Å². The summed E-state index contributed by atoms with van der Waals surface area (Å²) < 4.78 is 16.4. The fourth-order valence-corrected chi connectivity index (χ4v) is 4.24. The zero-order valence-corrected chi connectivity index (χ0v) is 18.6. The zero-order valence-electron chi connectivity index (χ0n) is 18.6. The summed E-state index contributed by atoms with van der Waals surface area (Å²) in [7, 11) is 4.90. The average Bonchev–Trinajstić information content (AvgIpc) is 2.83. The van der Waals surface area contributed by atoms with E-state index in [1.165, 1.54) is 30.2 Å². The number of fused-ring (bicyclic) bond motifs is 1. The Hall–Kier alpha value is -2.99. The van der Waals surface area contributed by atoms with Crippen molar-refractivity contribution in [1.82, 2.24) is 10.3 Å². The molecule has 0 amide bonds. The van der Waals surface area contributed by atoms with Gasteiger partial charge in [-0.1, -0.05) is 18.2 Å². The van der Waals surface area contributed by atoms with Crippen molar-refractivity contribution in [1.29, 1.82) is 0 Å². The van der Waals surface area contributed by atoms with E-state index in [4.69, 9.17) is 19.2 Å². The minimum absolute atomic E-state index is 0.611. The van der Waals surface area contributed by atoms with Crippen LogP contribution in [0.15, 0.2) is 42.5 Å². The fourth-order valence-electron chi connectivity index (χ4n) is 4.24. The molecule has 1 N–H and O–H groups in total. The summed E-state index contributed by atoms with van der Waals surface area (Å²) in [5, 5.41) is 4.76. The molecule has 0 radical (unpaired) electrons. The lowest BCUT2D eigenvalue weighted by atomic mass is 10.1. The Morgan fingerprint density at radius 2 is 1.58 bits per heavy atom. The molecule has 1 fully saturated rings. The van der Waals surface area contributed by atoms with E-state index in [0.717, 1.165) is 36.5 Å². The topological polar surface area (TPSA) is 55.9 Å². The van der Waals surface area contributed by atoms with Crippen LogP contribution in [-0.2, 0) is 13.1 Å². The van der Waals surface area contributed by atoms with Crippen LogP contribution in [0.1, 0.15) is 30.4 Å². The summed E-state index contributed by atoms with van der Waals surface area (Å²) in [5.41, 5.74) is 3.35. The number of aromatic nitrogens is 1. The third-order valence-electron chi connectivity index (χ3n) is 5.80. The van der Waals surface area contributed by atoms with E-state index < -0.39 is 0 Å². The lowest BCUT2D eigenvalue weighted by molar-refractivity contribution is 0.323. The fraction of sp³-hybridized carbons (Fsp3) is 0.400. The first-order chi connectivity index (χ1) is 15.2. The highest BCUT2D eigenvalue weighted by molar-refractivity contribution is 5.81. The first kappa shape index (κ1) is 21.2. The maximum atomic E-state index is 5.48. The van der Waals surface area contributed by atoms with Crippen molar-refractivity contribution >= 4 is 16.7 Å². The van der Waals surface area contributed by atoms with Crippen molar-refractivity contribution in [3.63, 3.8) is 0 Å². The third-order valence-corrected chi connectivity index (χ3v) is 5.80. The molecule has 3 aromatic rings. The molecule has 1 aromatic heterocycles. The molecule has 1 saturated heterocycles. The third kappa shape index (κ3) is 4.69. The molecular formula is C25H31N3O3. The molecular weight excluding hydrogens is 390 g/mol. The number of ether oxygens (including phenoxy) is 3. The molecule has 1 aliphatic rings. The molecule has 1 aliphatic heterocycles. The van der Waals surface area contributed by atoms with Gasteiger partial charge in [0.2, 0.25) is 5.75 Å². The van der Waals surface area contributed by atoms with Crippen LogP contribution in [0.3, 0.4) is 0 Å².